The maximum atomic E-state index is 12.5. The smallest absolute Gasteiger partial charge is 0.202 e. The van der Waals surface area contributed by atoms with Gasteiger partial charge in [-0.05, 0) is 52.8 Å². The van der Waals surface area contributed by atoms with Crippen LogP contribution in [0.3, 0.4) is 0 Å². The van der Waals surface area contributed by atoms with Crippen LogP contribution in [0.5, 0.6) is 5.75 Å². The molecular weight excluding hydrogens is 333 g/mol. The lowest BCUT2D eigenvalue weighted by Crippen LogP contribution is -2.24. The second kappa shape index (κ2) is 6.58. The molecule has 5 heteroatoms. The first kappa shape index (κ1) is 17.9. The Morgan fingerprint density at radius 2 is 1.74 bits per heavy atom. The Morgan fingerprint density at radius 3 is 2.22 bits per heavy atom. The van der Waals surface area contributed by atoms with Gasteiger partial charge in [-0.1, -0.05) is 29.3 Å². The molecular formula is C18H21Cl2NO2. The molecule has 2 rings (SSSR count). The number of ketones is 1. The zero-order valence-corrected chi connectivity index (χ0v) is 15.5. The van der Waals surface area contributed by atoms with Crippen LogP contribution in [0.2, 0.25) is 10.0 Å². The summed E-state index contributed by atoms with van der Waals surface area (Å²) in [6.45, 7) is 10.2. The molecule has 0 saturated carbocycles. The number of benzene rings is 1. The molecule has 23 heavy (non-hydrogen) atoms. The van der Waals surface area contributed by atoms with Crippen LogP contribution >= 0.6 is 23.2 Å². The third-order valence-corrected chi connectivity index (χ3v) is 4.26. The molecule has 0 radical (unpaired) electrons. The summed E-state index contributed by atoms with van der Waals surface area (Å²) in [5.41, 5.74) is 2.57. The van der Waals surface area contributed by atoms with Crippen molar-refractivity contribution in [3.05, 3.63) is 51.3 Å². The zero-order chi connectivity index (χ0) is 17.4. The second-order valence-corrected chi connectivity index (χ2v) is 7.37. The SMILES string of the molecule is Cc1cc(C(=O)COc2c(Cl)cccc2Cl)c(C)n1C(C)(C)C. The van der Waals surface area contributed by atoms with Gasteiger partial charge in [0.2, 0.25) is 5.78 Å². The average Bonchev–Trinajstić information content (AvgIpc) is 2.72. The minimum Gasteiger partial charge on any atom is -0.482 e. The van der Waals surface area contributed by atoms with Crippen LogP contribution in [0.15, 0.2) is 24.3 Å². The summed E-state index contributed by atoms with van der Waals surface area (Å²) in [5, 5.41) is 0.788. The van der Waals surface area contributed by atoms with E-state index in [4.69, 9.17) is 27.9 Å². The number of hydrogen-bond acceptors (Lipinski definition) is 2. The number of ether oxygens (including phenoxy) is 1. The van der Waals surface area contributed by atoms with Crippen LogP contribution < -0.4 is 4.74 Å². The first-order valence-electron chi connectivity index (χ1n) is 7.42. The van der Waals surface area contributed by atoms with E-state index in [-0.39, 0.29) is 17.9 Å². The molecule has 0 atom stereocenters. The minimum absolute atomic E-state index is 0.0837. The van der Waals surface area contributed by atoms with Crippen LogP contribution in [-0.4, -0.2) is 17.0 Å². The van der Waals surface area contributed by atoms with Crippen LogP contribution in [0.4, 0.5) is 0 Å². The van der Waals surface area contributed by atoms with Gasteiger partial charge >= 0.3 is 0 Å². The number of para-hydroxylation sites is 1. The molecule has 1 heterocycles. The summed E-state index contributed by atoms with van der Waals surface area (Å²) in [4.78, 5) is 12.5. The Kier molecular flexibility index (Phi) is 5.12. The van der Waals surface area contributed by atoms with Crippen LogP contribution in [0.25, 0.3) is 0 Å². The Hall–Kier alpha value is -1.45. The topological polar surface area (TPSA) is 31.2 Å². The zero-order valence-electron chi connectivity index (χ0n) is 14.0. The molecule has 0 N–H and O–H groups in total. The molecule has 3 nitrogen and oxygen atoms in total. The van der Waals surface area contributed by atoms with E-state index in [1.807, 2.05) is 19.9 Å². The molecule has 0 saturated heterocycles. The van der Waals surface area contributed by atoms with Crippen molar-refractivity contribution in [3.63, 3.8) is 0 Å². The first-order valence-corrected chi connectivity index (χ1v) is 8.18. The van der Waals surface area contributed by atoms with Crippen molar-refractivity contribution in [1.82, 2.24) is 4.57 Å². The van der Waals surface area contributed by atoms with Crippen molar-refractivity contribution >= 4 is 29.0 Å². The summed E-state index contributed by atoms with van der Waals surface area (Å²) < 4.78 is 7.71. The van der Waals surface area contributed by atoms with Gasteiger partial charge in [0.25, 0.3) is 0 Å². The van der Waals surface area contributed by atoms with Crippen molar-refractivity contribution in [2.75, 3.05) is 6.61 Å². The van der Waals surface area contributed by atoms with E-state index in [0.717, 1.165) is 11.4 Å². The standard InChI is InChI=1S/C18H21Cl2NO2/c1-11-9-13(12(2)21(11)18(3,4)5)16(22)10-23-17-14(19)7-6-8-15(17)20/h6-9H,10H2,1-5H3. The maximum absolute atomic E-state index is 12.5. The number of nitrogens with zero attached hydrogens (tertiary/aromatic N) is 1. The molecule has 0 amide bonds. The highest BCUT2D eigenvalue weighted by Crippen LogP contribution is 2.32. The van der Waals surface area contributed by atoms with Crippen molar-refractivity contribution in [2.45, 2.75) is 40.2 Å². The minimum atomic E-state index is -0.0993. The summed E-state index contributed by atoms with van der Waals surface area (Å²) in [6, 6.07) is 6.99. The van der Waals surface area contributed by atoms with Gasteiger partial charge in [0, 0.05) is 22.5 Å². The molecule has 0 aliphatic carbocycles. The highest BCUT2D eigenvalue weighted by Gasteiger charge is 2.23. The number of halogens is 2. The van der Waals surface area contributed by atoms with Crippen molar-refractivity contribution < 1.29 is 9.53 Å². The lowest BCUT2D eigenvalue weighted by molar-refractivity contribution is 0.0921. The van der Waals surface area contributed by atoms with Gasteiger partial charge in [-0.2, -0.15) is 0 Å². The van der Waals surface area contributed by atoms with E-state index >= 15 is 0 Å². The Balaban J connectivity index is 2.23. The molecule has 2 aromatic rings. The van der Waals surface area contributed by atoms with Gasteiger partial charge in [-0.25, -0.2) is 0 Å². The largest absolute Gasteiger partial charge is 0.482 e. The van der Waals surface area contributed by atoms with Crippen LogP contribution in [-0.2, 0) is 5.54 Å². The van der Waals surface area contributed by atoms with Gasteiger partial charge in [-0.3, -0.25) is 4.79 Å². The number of carbonyl (C=O) groups excluding carboxylic acids is 1. The fourth-order valence-electron chi connectivity index (χ4n) is 2.91. The molecule has 0 fully saturated rings. The highest BCUT2D eigenvalue weighted by atomic mass is 35.5. The monoisotopic (exact) mass is 353 g/mol. The van der Waals surface area contributed by atoms with Crippen molar-refractivity contribution in [2.24, 2.45) is 0 Å². The van der Waals surface area contributed by atoms with Crippen LogP contribution in [0, 0.1) is 13.8 Å². The molecule has 1 aromatic carbocycles. The van der Waals surface area contributed by atoms with E-state index in [2.05, 4.69) is 25.3 Å². The molecule has 0 unspecified atom stereocenters. The van der Waals surface area contributed by atoms with E-state index in [9.17, 15) is 4.79 Å². The molecule has 124 valence electrons. The van der Waals surface area contributed by atoms with Crippen molar-refractivity contribution in [3.8, 4) is 5.75 Å². The number of Topliss-reactive ketones (excluding diaryl/α,β-unsaturated/α-hetero) is 1. The lowest BCUT2D eigenvalue weighted by Gasteiger charge is -2.25. The Labute approximate surface area is 147 Å². The Bertz CT molecular complexity index is 722. The fourth-order valence-corrected chi connectivity index (χ4v) is 3.42. The van der Waals surface area contributed by atoms with Gasteiger partial charge in [-0.15, -0.1) is 0 Å². The van der Waals surface area contributed by atoms with Gasteiger partial charge in [0.05, 0.1) is 10.0 Å². The molecule has 1 aromatic heterocycles. The first-order chi connectivity index (χ1) is 10.6. The lowest BCUT2D eigenvalue weighted by atomic mass is 10.1. The predicted molar refractivity (Wildman–Crippen MR) is 95.2 cm³/mol. The third-order valence-electron chi connectivity index (χ3n) is 3.67. The van der Waals surface area contributed by atoms with Gasteiger partial charge in [0.15, 0.2) is 12.4 Å². The van der Waals surface area contributed by atoms with Gasteiger partial charge < -0.3 is 9.30 Å². The number of aryl methyl sites for hydroxylation is 1. The van der Waals surface area contributed by atoms with E-state index < -0.39 is 0 Å². The molecule has 0 bridgehead atoms. The molecule has 0 spiro atoms. The van der Waals surface area contributed by atoms with Crippen LogP contribution in [0.1, 0.15) is 42.5 Å². The molecule has 0 aliphatic heterocycles. The normalized spacial score (nSPS) is 11.6. The number of carbonyl (C=O) groups is 1. The van der Waals surface area contributed by atoms with E-state index in [1.54, 1.807) is 18.2 Å². The summed E-state index contributed by atoms with van der Waals surface area (Å²) in [5.74, 6) is 0.249. The summed E-state index contributed by atoms with van der Waals surface area (Å²) in [6.07, 6.45) is 0. The quantitative estimate of drug-likeness (QED) is 0.686. The van der Waals surface area contributed by atoms with Gasteiger partial charge in [0.1, 0.15) is 0 Å². The third kappa shape index (κ3) is 3.73. The van der Waals surface area contributed by atoms with Crippen molar-refractivity contribution in [1.29, 1.82) is 0 Å². The number of rotatable bonds is 4. The maximum Gasteiger partial charge on any atom is 0.202 e. The average molecular weight is 354 g/mol. The fraction of sp³-hybridized carbons (Fsp3) is 0.389. The highest BCUT2D eigenvalue weighted by molar-refractivity contribution is 6.37. The summed E-state index contributed by atoms with van der Waals surface area (Å²) in [7, 11) is 0. The number of aromatic nitrogens is 1. The Morgan fingerprint density at radius 1 is 1.17 bits per heavy atom. The second-order valence-electron chi connectivity index (χ2n) is 6.55. The van der Waals surface area contributed by atoms with E-state index in [0.29, 0.717) is 21.4 Å². The summed E-state index contributed by atoms with van der Waals surface area (Å²) >= 11 is 12.1. The molecule has 0 aliphatic rings. The van der Waals surface area contributed by atoms with E-state index in [1.165, 1.54) is 0 Å². The predicted octanol–water partition coefficient (Wildman–Crippen LogP) is 5.43. The number of hydrogen-bond donors (Lipinski definition) is 0.